The Morgan fingerprint density at radius 2 is 1.77 bits per heavy atom. The molecule has 0 atom stereocenters. The second-order valence-electron chi connectivity index (χ2n) is 7.56. The van der Waals surface area contributed by atoms with Crippen LogP contribution in [-0.2, 0) is 9.53 Å². The van der Waals surface area contributed by atoms with Crippen molar-refractivity contribution >= 4 is 65.4 Å². The van der Waals surface area contributed by atoms with Gasteiger partial charge in [-0.2, -0.15) is 0 Å². The van der Waals surface area contributed by atoms with Gasteiger partial charge in [-0.1, -0.05) is 57.6 Å². The average Bonchev–Trinajstić information content (AvgIpc) is 3.28. The highest BCUT2D eigenvalue weighted by Gasteiger charge is 2.17. The summed E-state index contributed by atoms with van der Waals surface area (Å²) in [7, 11) is 1.59. The Hall–Kier alpha value is -3.82. The van der Waals surface area contributed by atoms with Crippen molar-refractivity contribution < 1.29 is 19.1 Å². The smallest absolute Gasteiger partial charge is 0.339 e. The number of nitrogens with one attached hydrogen (secondary N) is 1. The maximum atomic E-state index is 13.0. The summed E-state index contributed by atoms with van der Waals surface area (Å²) in [5, 5.41) is 3.76. The van der Waals surface area contributed by atoms with Crippen LogP contribution in [0.3, 0.4) is 0 Å². The van der Waals surface area contributed by atoms with E-state index in [1.807, 2.05) is 54.6 Å². The zero-order chi connectivity index (χ0) is 24.4. The van der Waals surface area contributed by atoms with Crippen LogP contribution in [0.1, 0.15) is 10.4 Å². The SMILES string of the molecule is COc1ccc2nc(NC(=O)COC(=O)c3cc(-c4ccc(Br)cc4)nc4ccccc34)sc2c1. The lowest BCUT2D eigenvalue weighted by atomic mass is 10.0. The van der Waals surface area contributed by atoms with Gasteiger partial charge in [-0.05, 0) is 42.5 Å². The second kappa shape index (κ2) is 9.81. The van der Waals surface area contributed by atoms with Gasteiger partial charge in [0.1, 0.15) is 5.75 Å². The van der Waals surface area contributed by atoms with E-state index in [4.69, 9.17) is 9.47 Å². The number of esters is 1. The van der Waals surface area contributed by atoms with Crippen LogP contribution in [0.15, 0.2) is 77.3 Å². The van der Waals surface area contributed by atoms with Gasteiger partial charge in [0.05, 0.1) is 34.1 Å². The predicted molar refractivity (Wildman–Crippen MR) is 140 cm³/mol. The Balaban J connectivity index is 1.33. The molecule has 3 aromatic carbocycles. The van der Waals surface area contributed by atoms with Crippen LogP contribution >= 0.6 is 27.3 Å². The van der Waals surface area contributed by atoms with Crippen LogP contribution in [0.4, 0.5) is 5.13 Å². The van der Waals surface area contributed by atoms with Crippen LogP contribution in [0, 0.1) is 0 Å². The number of anilines is 1. The number of ether oxygens (including phenoxy) is 2. The number of aromatic nitrogens is 2. The van der Waals surface area contributed by atoms with Crippen molar-refractivity contribution in [1.82, 2.24) is 9.97 Å². The van der Waals surface area contributed by atoms with Crippen molar-refractivity contribution in [1.29, 1.82) is 0 Å². The summed E-state index contributed by atoms with van der Waals surface area (Å²) in [4.78, 5) is 34.5. The summed E-state index contributed by atoms with van der Waals surface area (Å²) in [6, 6.07) is 22.1. The van der Waals surface area contributed by atoms with Gasteiger partial charge in [-0.15, -0.1) is 0 Å². The lowest BCUT2D eigenvalue weighted by Gasteiger charge is -2.10. The lowest BCUT2D eigenvalue weighted by molar-refractivity contribution is -0.119. The fourth-order valence-electron chi connectivity index (χ4n) is 3.56. The summed E-state index contributed by atoms with van der Waals surface area (Å²) in [5.41, 5.74) is 3.24. The molecule has 5 aromatic rings. The van der Waals surface area contributed by atoms with Crippen molar-refractivity contribution in [3.8, 4) is 17.0 Å². The molecule has 0 unspecified atom stereocenters. The maximum Gasteiger partial charge on any atom is 0.339 e. The number of amides is 1. The van der Waals surface area contributed by atoms with E-state index < -0.39 is 18.5 Å². The molecule has 0 aliphatic rings. The fourth-order valence-corrected chi connectivity index (χ4v) is 4.74. The Morgan fingerprint density at radius 1 is 0.971 bits per heavy atom. The minimum absolute atomic E-state index is 0.341. The van der Waals surface area contributed by atoms with Crippen LogP contribution in [0.25, 0.3) is 32.4 Å². The first kappa shape index (κ1) is 22.9. The quantitative estimate of drug-likeness (QED) is 0.259. The number of hydrogen-bond acceptors (Lipinski definition) is 7. The van der Waals surface area contributed by atoms with Gasteiger partial charge >= 0.3 is 5.97 Å². The normalized spacial score (nSPS) is 10.9. The summed E-state index contributed by atoms with van der Waals surface area (Å²) in [5.74, 6) is -0.373. The second-order valence-corrected chi connectivity index (χ2v) is 9.50. The predicted octanol–water partition coefficient (Wildman–Crippen LogP) is 6.08. The van der Waals surface area contributed by atoms with Gasteiger partial charge < -0.3 is 9.47 Å². The Labute approximate surface area is 212 Å². The first-order chi connectivity index (χ1) is 17.0. The van der Waals surface area contributed by atoms with Crippen LogP contribution in [0.2, 0.25) is 0 Å². The Bertz CT molecular complexity index is 1570. The molecular formula is C26H18BrN3O4S. The molecule has 35 heavy (non-hydrogen) atoms. The number of para-hydroxylation sites is 1. The van der Waals surface area contributed by atoms with Crippen molar-refractivity contribution in [2.75, 3.05) is 19.0 Å². The monoisotopic (exact) mass is 547 g/mol. The maximum absolute atomic E-state index is 13.0. The number of hydrogen-bond donors (Lipinski definition) is 1. The molecule has 1 N–H and O–H groups in total. The van der Waals surface area contributed by atoms with Gasteiger partial charge in [0.25, 0.3) is 5.91 Å². The number of thiazole rings is 1. The highest BCUT2D eigenvalue weighted by molar-refractivity contribution is 9.10. The lowest BCUT2D eigenvalue weighted by Crippen LogP contribution is -2.21. The number of carbonyl (C=O) groups is 2. The highest BCUT2D eigenvalue weighted by atomic mass is 79.9. The minimum atomic E-state index is -0.605. The van der Waals surface area contributed by atoms with Crippen molar-refractivity contribution in [3.05, 3.63) is 82.8 Å². The average molecular weight is 548 g/mol. The first-order valence-corrected chi connectivity index (χ1v) is 12.2. The van der Waals surface area contributed by atoms with E-state index in [0.29, 0.717) is 33.0 Å². The number of carbonyl (C=O) groups excluding carboxylic acids is 2. The molecule has 9 heteroatoms. The summed E-state index contributed by atoms with van der Waals surface area (Å²) >= 11 is 4.74. The molecule has 0 aliphatic heterocycles. The third-order valence-electron chi connectivity index (χ3n) is 5.25. The third-order valence-corrected chi connectivity index (χ3v) is 6.71. The molecule has 0 aliphatic carbocycles. The molecule has 0 fully saturated rings. The van der Waals surface area contributed by atoms with Crippen LogP contribution in [-0.4, -0.2) is 35.6 Å². The minimum Gasteiger partial charge on any atom is -0.497 e. The van der Waals surface area contributed by atoms with Gasteiger partial charge in [-0.25, -0.2) is 14.8 Å². The molecule has 2 aromatic heterocycles. The molecule has 7 nitrogen and oxygen atoms in total. The molecular weight excluding hydrogens is 530 g/mol. The van der Waals surface area contributed by atoms with Crippen LogP contribution in [0.5, 0.6) is 5.75 Å². The number of nitrogens with zero attached hydrogens (tertiary/aromatic N) is 2. The van der Waals surface area contributed by atoms with Crippen molar-refractivity contribution in [2.45, 2.75) is 0 Å². The Morgan fingerprint density at radius 3 is 2.57 bits per heavy atom. The van der Waals surface area contributed by atoms with E-state index in [9.17, 15) is 9.59 Å². The van der Waals surface area contributed by atoms with E-state index >= 15 is 0 Å². The molecule has 0 spiro atoms. The van der Waals surface area contributed by atoms with Crippen molar-refractivity contribution in [3.63, 3.8) is 0 Å². The molecule has 174 valence electrons. The van der Waals surface area contributed by atoms with Gasteiger partial charge in [0, 0.05) is 15.4 Å². The van der Waals surface area contributed by atoms with E-state index in [-0.39, 0.29) is 0 Å². The van der Waals surface area contributed by atoms with E-state index in [2.05, 4.69) is 31.2 Å². The van der Waals surface area contributed by atoms with E-state index in [1.165, 1.54) is 11.3 Å². The highest BCUT2D eigenvalue weighted by Crippen LogP contribution is 2.29. The molecule has 0 saturated heterocycles. The topological polar surface area (TPSA) is 90.4 Å². The zero-order valence-corrected chi connectivity index (χ0v) is 20.9. The number of rotatable bonds is 6. The molecule has 0 bridgehead atoms. The standard InChI is InChI=1S/C26H18BrN3O4S/c1-33-17-10-11-21-23(12-17)35-26(29-21)30-24(31)14-34-25(32)19-13-22(15-6-8-16(27)9-7-15)28-20-5-3-2-4-18(19)20/h2-13H,14H2,1H3,(H,29,30,31). The summed E-state index contributed by atoms with van der Waals surface area (Å²) in [6.45, 7) is -0.442. The Kier molecular flexibility index (Phi) is 6.43. The third kappa shape index (κ3) is 5.01. The van der Waals surface area contributed by atoms with Crippen molar-refractivity contribution in [2.24, 2.45) is 0 Å². The van der Waals surface area contributed by atoms with E-state index in [0.717, 1.165) is 20.3 Å². The van der Waals surface area contributed by atoms with Crippen LogP contribution < -0.4 is 10.1 Å². The number of methoxy groups -OCH3 is 1. The molecule has 1 amide bonds. The van der Waals surface area contributed by atoms with Gasteiger partial charge in [-0.3, -0.25) is 10.1 Å². The van der Waals surface area contributed by atoms with Gasteiger partial charge in [0.15, 0.2) is 11.7 Å². The number of halogens is 1. The number of fused-ring (bicyclic) bond motifs is 2. The van der Waals surface area contributed by atoms with Gasteiger partial charge in [0.2, 0.25) is 0 Å². The molecule has 0 radical (unpaired) electrons. The summed E-state index contributed by atoms with van der Waals surface area (Å²) < 4.78 is 12.4. The fraction of sp³-hybridized carbons (Fsp3) is 0.0769. The first-order valence-electron chi connectivity index (χ1n) is 10.6. The van der Waals surface area contributed by atoms with E-state index in [1.54, 1.807) is 25.3 Å². The molecule has 5 rings (SSSR count). The summed E-state index contributed by atoms with van der Waals surface area (Å²) in [6.07, 6.45) is 0. The zero-order valence-electron chi connectivity index (χ0n) is 18.4. The largest absolute Gasteiger partial charge is 0.497 e. The number of benzene rings is 3. The molecule has 0 saturated carbocycles. The number of pyridine rings is 1. The molecule has 2 heterocycles.